The van der Waals surface area contributed by atoms with E-state index >= 15 is 0 Å². The Labute approximate surface area is 231 Å². The topological polar surface area (TPSA) is 99.7 Å². The van der Waals surface area contributed by atoms with Gasteiger partial charge in [0.25, 0.3) is 0 Å². The Kier molecular flexibility index (Phi) is 8.74. The highest BCUT2D eigenvalue weighted by Gasteiger charge is 2.33. The number of anilines is 3. The van der Waals surface area contributed by atoms with Crippen LogP contribution in [-0.4, -0.2) is 85.3 Å². The van der Waals surface area contributed by atoms with Crippen LogP contribution >= 0.6 is 11.6 Å². The fourth-order valence-electron chi connectivity index (χ4n) is 6.07. The lowest BCUT2D eigenvalue weighted by molar-refractivity contribution is 0.0136. The van der Waals surface area contributed by atoms with Gasteiger partial charge in [-0.15, -0.1) is 0 Å². The second kappa shape index (κ2) is 12.0. The molecule has 2 aliphatic carbocycles. The third kappa shape index (κ3) is 6.59. The minimum absolute atomic E-state index is 0.0735. The number of sulfonamides is 1. The van der Waals surface area contributed by atoms with E-state index < -0.39 is 10.0 Å². The molecule has 2 N–H and O–H groups in total. The Balaban J connectivity index is 1.27. The summed E-state index contributed by atoms with van der Waals surface area (Å²) in [6.07, 6.45) is 11.0. The third-order valence-corrected chi connectivity index (χ3v) is 9.90. The Morgan fingerprint density at radius 3 is 2.58 bits per heavy atom. The SMILES string of the molecule is CN([C@@H]1CCCC[C@H]1Nc1nc(Nc2ccc3c(c2)CCC(N2CCOCC2)CC3)ncc1Cl)S(C)(=O)=O. The maximum Gasteiger partial charge on any atom is 0.229 e. The molecule has 1 aromatic heterocycles. The molecule has 0 spiro atoms. The van der Waals surface area contributed by atoms with Gasteiger partial charge in [-0.1, -0.05) is 30.5 Å². The van der Waals surface area contributed by atoms with E-state index in [2.05, 4.69) is 43.7 Å². The molecule has 1 unspecified atom stereocenters. The zero-order chi connectivity index (χ0) is 26.7. The second-order valence-corrected chi connectivity index (χ2v) is 13.2. The van der Waals surface area contributed by atoms with E-state index in [1.165, 1.54) is 28.1 Å². The van der Waals surface area contributed by atoms with Crippen LogP contribution in [0.25, 0.3) is 0 Å². The lowest BCUT2D eigenvalue weighted by Gasteiger charge is -2.37. The van der Waals surface area contributed by atoms with Gasteiger partial charge in [-0.05, 0) is 61.8 Å². The molecule has 0 bridgehead atoms. The van der Waals surface area contributed by atoms with Crippen molar-refractivity contribution in [3.05, 3.63) is 40.5 Å². The Morgan fingerprint density at radius 2 is 1.82 bits per heavy atom. The number of likely N-dealkylation sites (N-methyl/N-ethyl adjacent to an activating group) is 1. The number of fused-ring (bicyclic) bond motifs is 1. The molecule has 11 heteroatoms. The van der Waals surface area contributed by atoms with Crippen LogP contribution in [0.3, 0.4) is 0 Å². The van der Waals surface area contributed by atoms with Gasteiger partial charge in [0.15, 0.2) is 5.82 Å². The second-order valence-electron chi connectivity index (χ2n) is 10.8. The molecule has 0 amide bonds. The van der Waals surface area contributed by atoms with Gasteiger partial charge in [0.05, 0.1) is 25.7 Å². The molecule has 1 saturated heterocycles. The molecule has 3 aliphatic rings. The molecule has 1 aliphatic heterocycles. The number of hydrogen-bond donors (Lipinski definition) is 2. The Morgan fingerprint density at radius 1 is 1.08 bits per heavy atom. The van der Waals surface area contributed by atoms with Gasteiger partial charge in [-0.3, -0.25) is 4.90 Å². The number of morpholine rings is 1. The van der Waals surface area contributed by atoms with Crippen molar-refractivity contribution in [2.75, 3.05) is 50.2 Å². The van der Waals surface area contributed by atoms with Crippen LogP contribution in [0.4, 0.5) is 17.5 Å². The van der Waals surface area contributed by atoms with Crippen LogP contribution in [0.15, 0.2) is 24.4 Å². The Hall–Kier alpha value is -1.98. The summed E-state index contributed by atoms with van der Waals surface area (Å²) in [4.78, 5) is 11.7. The van der Waals surface area contributed by atoms with Crippen LogP contribution in [0, 0.1) is 0 Å². The highest BCUT2D eigenvalue weighted by molar-refractivity contribution is 7.88. The van der Waals surface area contributed by atoms with Crippen molar-refractivity contribution in [1.82, 2.24) is 19.2 Å². The van der Waals surface area contributed by atoms with Gasteiger partial charge in [0.2, 0.25) is 16.0 Å². The summed E-state index contributed by atoms with van der Waals surface area (Å²) in [6.45, 7) is 3.74. The first-order valence-electron chi connectivity index (χ1n) is 13.7. The molecule has 2 aromatic rings. The first-order valence-corrected chi connectivity index (χ1v) is 15.9. The van der Waals surface area contributed by atoms with Crippen molar-refractivity contribution in [2.24, 2.45) is 0 Å². The summed E-state index contributed by atoms with van der Waals surface area (Å²) in [5, 5.41) is 7.20. The molecule has 208 valence electrons. The summed E-state index contributed by atoms with van der Waals surface area (Å²) in [6, 6.07) is 6.93. The normalized spacial score (nSPS) is 25.0. The number of aromatic nitrogens is 2. The highest BCUT2D eigenvalue weighted by Crippen LogP contribution is 2.31. The standard InChI is InChI=1S/C27H39ClN6O3S/c1-33(38(2,35)36)25-6-4-3-5-24(25)31-26-23(28)18-29-27(32-26)30-21-10-7-19-8-11-22(12-9-20(19)17-21)34-13-15-37-16-14-34/h7,10,17-18,22,24-25H,3-6,8-9,11-16H2,1-2H3,(H2,29,30,31,32)/t22?,24-,25-/m1/s1. The summed E-state index contributed by atoms with van der Waals surface area (Å²) in [5.74, 6) is 0.978. The molecular weight excluding hydrogens is 524 g/mol. The number of hydrogen-bond acceptors (Lipinski definition) is 8. The van der Waals surface area contributed by atoms with E-state index in [0.717, 1.165) is 76.9 Å². The molecule has 2 fully saturated rings. The largest absolute Gasteiger partial charge is 0.379 e. The molecule has 3 atom stereocenters. The number of ether oxygens (including phenoxy) is 1. The van der Waals surface area contributed by atoms with E-state index in [1.807, 2.05) is 0 Å². The maximum absolute atomic E-state index is 12.2. The summed E-state index contributed by atoms with van der Waals surface area (Å²) in [7, 11) is -1.65. The van der Waals surface area contributed by atoms with Crippen molar-refractivity contribution in [2.45, 2.75) is 69.5 Å². The van der Waals surface area contributed by atoms with Gasteiger partial charge in [-0.25, -0.2) is 17.7 Å². The highest BCUT2D eigenvalue weighted by atomic mass is 35.5. The van der Waals surface area contributed by atoms with E-state index in [9.17, 15) is 8.42 Å². The summed E-state index contributed by atoms with van der Waals surface area (Å²) >= 11 is 6.47. The zero-order valence-electron chi connectivity index (χ0n) is 22.3. The molecule has 38 heavy (non-hydrogen) atoms. The number of nitrogens with zero attached hydrogens (tertiary/aromatic N) is 4. The van der Waals surface area contributed by atoms with Crippen molar-refractivity contribution < 1.29 is 13.2 Å². The number of benzene rings is 1. The van der Waals surface area contributed by atoms with Gasteiger partial charge < -0.3 is 15.4 Å². The van der Waals surface area contributed by atoms with Crippen LogP contribution in [0.5, 0.6) is 0 Å². The Bertz CT molecular complexity index is 1220. The average Bonchev–Trinajstić information content (AvgIpc) is 3.13. The predicted molar refractivity (Wildman–Crippen MR) is 152 cm³/mol. The number of aryl methyl sites for hydroxylation is 2. The van der Waals surface area contributed by atoms with Crippen LogP contribution in [0.2, 0.25) is 5.02 Å². The smallest absolute Gasteiger partial charge is 0.229 e. The minimum Gasteiger partial charge on any atom is -0.379 e. The zero-order valence-corrected chi connectivity index (χ0v) is 23.9. The molecule has 0 radical (unpaired) electrons. The van der Waals surface area contributed by atoms with Crippen LogP contribution in [0.1, 0.15) is 49.7 Å². The average molecular weight is 563 g/mol. The van der Waals surface area contributed by atoms with Crippen molar-refractivity contribution in [3.63, 3.8) is 0 Å². The summed E-state index contributed by atoms with van der Waals surface area (Å²) in [5.41, 5.74) is 3.75. The quantitative estimate of drug-likeness (QED) is 0.487. The van der Waals surface area contributed by atoms with Crippen LogP contribution < -0.4 is 10.6 Å². The van der Waals surface area contributed by atoms with Crippen molar-refractivity contribution in [3.8, 4) is 0 Å². The number of halogens is 1. The molecule has 5 rings (SSSR count). The first-order chi connectivity index (χ1) is 18.3. The van der Waals surface area contributed by atoms with E-state index in [-0.39, 0.29) is 12.1 Å². The maximum atomic E-state index is 12.2. The van der Waals surface area contributed by atoms with E-state index in [4.69, 9.17) is 16.3 Å². The van der Waals surface area contributed by atoms with Gasteiger partial charge in [-0.2, -0.15) is 4.98 Å². The fraction of sp³-hybridized carbons (Fsp3) is 0.630. The molecule has 1 aromatic carbocycles. The van der Waals surface area contributed by atoms with Gasteiger partial charge in [0, 0.05) is 44.0 Å². The third-order valence-electron chi connectivity index (χ3n) is 8.30. The van der Waals surface area contributed by atoms with Gasteiger partial charge >= 0.3 is 0 Å². The monoisotopic (exact) mass is 562 g/mol. The van der Waals surface area contributed by atoms with Crippen molar-refractivity contribution >= 4 is 39.1 Å². The van der Waals surface area contributed by atoms with Crippen LogP contribution in [-0.2, 0) is 27.6 Å². The van der Waals surface area contributed by atoms with E-state index in [0.29, 0.717) is 22.8 Å². The predicted octanol–water partition coefficient (Wildman–Crippen LogP) is 4.07. The number of rotatable bonds is 7. The minimum atomic E-state index is -3.30. The lowest BCUT2D eigenvalue weighted by atomic mass is 9.90. The first kappa shape index (κ1) is 27.6. The lowest BCUT2D eigenvalue weighted by Crippen LogP contribution is -2.49. The number of nitrogens with one attached hydrogen (secondary N) is 2. The van der Waals surface area contributed by atoms with E-state index in [1.54, 1.807) is 13.2 Å². The van der Waals surface area contributed by atoms with Crippen molar-refractivity contribution in [1.29, 1.82) is 0 Å². The molecular formula is C27H39ClN6O3S. The van der Waals surface area contributed by atoms with Gasteiger partial charge in [0.1, 0.15) is 5.02 Å². The summed E-state index contributed by atoms with van der Waals surface area (Å²) < 4.78 is 31.4. The molecule has 1 saturated carbocycles. The molecule has 2 heterocycles. The molecule has 9 nitrogen and oxygen atoms in total. The fourth-order valence-corrected chi connectivity index (χ4v) is 6.96.